The topological polar surface area (TPSA) is 26.3 Å². The van der Waals surface area contributed by atoms with Gasteiger partial charge >= 0.3 is 6.36 Å². The Hall–Kier alpha value is -0.750. The molecule has 0 aliphatic carbocycles. The molecule has 94 valence electrons. The molecule has 1 atom stereocenters. The van der Waals surface area contributed by atoms with Crippen molar-refractivity contribution in [1.82, 2.24) is 0 Å². The highest BCUT2D eigenvalue weighted by atomic mass is 79.9. The summed E-state index contributed by atoms with van der Waals surface area (Å²) in [5.41, 5.74) is 0.0438. The smallest absolute Gasteiger partial charge is 0.405 e. The van der Waals surface area contributed by atoms with Crippen LogP contribution in [0.1, 0.15) is 17.3 Å². The van der Waals surface area contributed by atoms with Crippen molar-refractivity contribution >= 4 is 33.3 Å². The zero-order chi connectivity index (χ0) is 13.2. The largest absolute Gasteiger partial charge is 0.573 e. The van der Waals surface area contributed by atoms with E-state index in [-0.39, 0.29) is 16.4 Å². The van der Waals surface area contributed by atoms with Crippen LogP contribution in [0.3, 0.4) is 0 Å². The van der Waals surface area contributed by atoms with E-state index in [2.05, 4.69) is 20.7 Å². The molecular weight excluding hydrogens is 324 g/mol. The minimum atomic E-state index is -4.81. The molecule has 7 heteroatoms. The lowest BCUT2D eigenvalue weighted by atomic mass is 10.1. The molecule has 0 fully saturated rings. The summed E-state index contributed by atoms with van der Waals surface area (Å²) in [6.45, 7) is 1.25. The molecule has 1 aromatic rings. The van der Waals surface area contributed by atoms with Gasteiger partial charge in [-0.3, -0.25) is 4.79 Å². The molecule has 0 radical (unpaired) electrons. The summed E-state index contributed by atoms with van der Waals surface area (Å²) in [7, 11) is 0. The van der Waals surface area contributed by atoms with Gasteiger partial charge in [-0.15, -0.1) is 13.2 Å². The Morgan fingerprint density at radius 2 is 2.06 bits per heavy atom. The third kappa shape index (κ3) is 4.20. The minimum absolute atomic E-state index is 0.0438. The van der Waals surface area contributed by atoms with Crippen LogP contribution in [-0.4, -0.2) is 12.1 Å². The fourth-order valence-electron chi connectivity index (χ4n) is 1.15. The number of carbonyl (C=O) groups excluding carboxylic acids is 1. The Labute approximate surface area is 109 Å². The Kier molecular flexibility index (Phi) is 4.43. The molecule has 1 unspecified atom stereocenters. The van der Waals surface area contributed by atoms with Crippen LogP contribution in [0.4, 0.5) is 13.2 Å². The highest BCUT2D eigenvalue weighted by Crippen LogP contribution is 2.36. The quantitative estimate of drug-likeness (QED) is 0.774. The molecule has 0 spiro atoms. The van der Waals surface area contributed by atoms with Crippen molar-refractivity contribution in [2.45, 2.75) is 18.1 Å². The van der Waals surface area contributed by atoms with Crippen LogP contribution in [0.2, 0.25) is 5.02 Å². The molecule has 0 aliphatic heterocycles. The van der Waals surface area contributed by atoms with E-state index in [1.165, 1.54) is 19.1 Å². The maximum Gasteiger partial charge on any atom is 0.573 e. The minimum Gasteiger partial charge on any atom is -0.405 e. The van der Waals surface area contributed by atoms with Gasteiger partial charge in [-0.1, -0.05) is 27.5 Å². The standard InChI is InChI=1S/C10H7BrClF3O2/c1-5(16)9(11)7-4-6(12)2-3-8(7)17-10(13,14)15/h2-4,9H,1H3. The van der Waals surface area contributed by atoms with Gasteiger partial charge in [0.1, 0.15) is 16.4 Å². The first-order chi connectivity index (χ1) is 7.70. The van der Waals surface area contributed by atoms with E-state index in [9.17, 15) is 18.0 Å². The summed E-state index contributed by atoms with van der Waals surface area (Å²) >= 11 is 8.66. The van der Waals surface area contributed by atoms with Gasteiger partial charge in [-0.2, -0.15) is 0 Å². The van der Waals surface area contributed by atoms with Crippen molar-refractivity contribution < 1.29 is 22.7 Å². The number of hydrogen-bond donors (Lipinski definition) is 0. The van der Waals surface area contributed by atoms with E-state index in [0.717, 1.165) is 6.07 Å². The third-order valence-electron chi connectivity index (χ3n) is 1.83. The fraction of sp³-hybridized carbons (Fsp3) is 0.300. The molecule has 0 bridgehead atoms. The summed E-state index contributed by atoms with van der Waals surface area (Å²) in [6, 6.07) is 3.58. The number of rotatable bonds is 3. The number of alkyl halides is 4. The Morgan fingerprint density at radius 3 is 2.53 bits per heavy atom. The summed E-state index contributed by atoms with van der Waals surface area (Å²) in [5, 5.41) is 0.222. The molecule has 0 saturated carbocycles. The summed E-state index contributed by atoms with van der Waals surface area (Å²) in [4.78, 5) is 10.3. The lowest BCUT2D eigenvalue weighted by Gasteiger charge is -2.15. The number of halogens is 5. The Morgan fingerprint density at radius 1 is 1.47 bits per heavy atom. The molecule has 0 aromatic heterocycles. The maximum atomic E-state index is 12.1. The van der Waals surface area contributed by atoms with Crippen LogP contribution in [0.5, 0.6) is 5.75 Å². The Balaban J connectivity index is 3.17. The van der Waals surface area contributed by atoms with Gasteiger partial charge in [0.15, 0.2) is 0 Å². The van der Waals surface area contributed by atoms with Crippen molar-refractivity contribution in [3.8, 4) is 5.75 Å². The molecule has 0 aliphatic rings. The van der Waals surface area contributed by atoms with E-state index in [4.69, 9.17) is 11.6 Å². The second kappa shape index (κ2) is 5.27. The van der Waals surface area contributed by atoms with Gasteiger partial charge in [0, 0.05) is 10.6 Å². The molecule has 0 saturated heterocycles. The molecule has 0 amide bonds. The summed E-state index contributed by atoms with van der Waals surface area (Å²) < 4.78 is 40.2. The number of hydrogen-bond acceptors (Lipinski definition) is 2. The normalized spacial score (nSPS) is 13.3. The first kappa shape index (κ1) is 14.3. The van der Waals surface area contributed by atoms with Gasteiger partial charge in [0.25, 0.3) is 0 Å². The van der Waals surface area contributed by atoms with E-state index in [1.807, 2.05) is 0 Å². The van der Waals surface area contributed by atoms with Crippen molar-refractivity contribution in [2.75, 3.05) is 0 Å². The van der Waals surface area contributed by atoms with E-state index < -0.39 is 16.9 Å². The maximum absolute atomic E-state index is 12.1. The van der Waals surface area contributed by atoms with Crippen molar-refractivity contribution in [3.05, 3.63) is 28.8 Å². The highest BCUT2D eigenvalue weighted by molar-refractivity contribution is 9.09. The first-order valence-electron chi connectivity index (χ1n) is 4.40. The van der Waals surface area contributed by atoms with Crippen LogP contribution in [0.25, 0.3) is 0 Å². The average molecular weight is 332 g/mol. The molecule has 1 rings (SSSR count). The average Bonchev–Trinajstić information content (AvgIpc) is 2.17. The predicted octanol–water partition coefficient (Wildman–Crippen LogP) is 4.26. The van der Waals surface area contributed by atoms with E-state index in [1.54, 1.807) is 0 Å². The molecular formula is C10H7BrClF3O2. The zero-order valence-corrected chi connectivity index (χ0v) is 10.9. The fourth-order valence-corrected chi connectivity index (χ4v) is 1.69. The number of ketones is 1. The third-order valence-corrected chi connectivity index (χ3v) is 3.20. The van der Waals surface area contributed by atoms with Crippen LogP contribution < -0.4 is 4.74 Å². The lowest BCUT2D eigenvalue weighted by molar-refractivity contribution is -0.274. The molecule has 2 nitrogen and oxygen atoms in total. The molecule has 1 aromatic carbocycles. The number of Topliss-reactive ketones (excluding diaryl/α,β-unsaturated/α-hetero) is 1. The van der Waals surface area contributed by atoms with Gasteiger partial charge in [-0.05, 0) is 25.1 Å². The van der Waals surface area contributed by atoms with Crippen LogP contribution in [0.15, 0.2) is 18.2 Å². The monoisotopic (exact) mass is 330 g/mol. The molecule has 0 N–H and O–H groups in total. The summed E-state index contributed by atoms with van der Waals surface area (Å²) in [5.74, 6) is -0.793. The number of benzene rings is 1. The highest BCUT2D eigenvalue weighted by Gasteiger charge is 2.33. The van der Waals surface area contributed by atoms with E-state index >= 15 is 0 Å². The first-order valence-corrected chi connectivity index (χ1v) is 5.70. The van der Waals surface area contributed by atoms with Gasteiger partial charge in [-0.25, -0.2) is 0 Å². The number of ether oxygens (including phenoxy) is 1. The Bertz CT molecular complexity index is 434. The van der Waals surface area contributed by atoms with Crippen LogP contribution in [0, 0.1) is 0 Å². The van der Waals surface area contributed by atoms with Crippen molar-refractivity contribution in [2.24, 2.45) is 0 Å². The van der Waals surface area contributed by atoms with Gasteiger partial charge in [0.05, 0.1) is 0 Å². The molecule has 0 heterocycles. The van der Waals surface area contributed by atoms with Gasteiger partial charge in [0.2, 0.25) is 0 Å². The van der Waals surface area contributed by atoms with Crippen LogP contribution in [-0.2, 0) is 4.79 Å². The SMILES string of the molecule is CC(=O)C(Br)c1cc(Cl)ccc1OC(F)(F)F. The second-order valence-corrected chi connectivity index (χ2v) is 4.56. The molecule has 17 heavy (non-hydrogen) atoms. The van der Waals surface area contributed by atoms with Crippen molar-refractivity contribution in [3.63, 3.8) is 0 Å². The second-order valence-electron chi connectivity index (χ2n) is 3.20. The number of carbonyl (C=O) groups is 1. The summed E-state index contributed by atoms with van der Waals surface area (Å²) in [6.07, 6.45) is -4.81. The van der Waals surface area contributed by atoms with Crippen molar-refractivity contribution in [1.29, 1.82) is 0 Å². The predicted molar refractivity (Wildman–Crippen MR) is 60.5 cm³/mol. The van der Waals surface area contributed by atoms with E-state index in [0.29, 0.717) is 0 Å². The van der Waals surface area contributed by atoms with Crippen LogP contribution >= 0.6 is 27.5 Å². The lowest BCUT2D eigenvalue weighted by Crippen LogP contribution is -2.19. The van der Waals surface area contributed by atoms with Gasteiger partial charge < -0.3 is 4.74 Å². The zero-order valence-electron chi connectivity index (χ0n) is 8.52.